The molecule has 6 heteroatoms. The molecule has 0 saturated heterocycles. The first-order valence-corrected chi connectivity index (χ1v) is 3.60. The lowest BCUT2D eigenvalue weighted by molar-refractivity contribution is 0.0697. The van der Waals surface area contributed by atoms with Crippen LogP contribution in [0.2, 0.25) is 0 Å². The van der Waals surface area contributed by atoms with E-state index in [4.69, 9.17) is 15.9 Å². The van der Waals surface area contributed by atoms with Crippen molar-refractivity contribution in [2.24, 2.45) is 0 Å². The lowest BCUT2D eigenvalue weighted by atomic mass is 10.3. The smallest absolute Gasteiger partial charge is 0.341 e. The van der Waals surface area contributed by atoms with Crippen molar-refractivity contribution in [3.8, 4) is 0 Å². The maximum Gasteiger partial charge on any atom is 0.341 e. The van der Waals surface area contributed by atoms with Gasteiger partial charge in [0.05, 0.1) is 6.61 Å². The number of nitrogens with zero attached hydrogens (tertiary/aromatic N) is 2. The summed E-state index contributed by atoms with van der Waals surface area (Å²) in [6, 6.07) is 0. The Kier molecular flexibility index (Phi) is 2.76. The van der Waals surface area contributed by atoms with Gasteiger partial charge in [0.2, 0.25) is 0 Å². The van der Waals surface area contributed by atoms with Crippen molar-refractivity contribution in [2.75, 3.05) is 12.3 Å². The molecule has 0 unspecified atom stereocenters. The summed E-state index contributed by atoms with van der Waals surface area (Å²) in [5.41, 5.74) is 5.22. The minimum absolute atomic E-state index is 0.0778. The molecular formula is C7H9N3O3. The number of rotatable bonds is 3. The highest BCUT2D eigenvalue weighted by Gasteiger charge is 2.09. The Morgan fingerprint density at radius 3 is 2.77 bits per heavy atom. The van der Waals surface area contributed by atoms with Crippen LogP contribution >= 0.6 is 0 Å². The largest absolute Gasteiger partial charge is 0.477 e. The highest BCUT2D eigenvalue weighted by Crippen LogP contribution is 2.06. The number of hydrogen-bond acceptors (Lipinski definition) is 5. The van der Waals surface area contributed by atoms with Crippen LogP contribution in [0.3, 0.4) is 0 Å². The second kappa shape index (κ2) is 3.81. The van der Waals surface area contributed by atoms with Crippen molar-refractivity contribution in [1.82, 2.24) is 9.97 Å². The predicted molar refractivity (Wildman–Crippen MR) is 44.2 cm³/mol. The van der Waals surface area contributed by atoms with Crippen LogP contribution in [0, 0.1) is 0 Å². The molecule has 4 N–H and O–H groups in total. The van der Waals surface area contributed by atoms with E-state index >= 15 is 0 Å². The van der Waals surface area contributed by atoms with Gasteiger partial charge in [-0.3, -0.25) is 0 Å². The molecule has 1 aromatic rings. The Bertz CT molecular complexity index is 327. The molecule has 0 fully saturated rings. The second-order valence-corrected chi connectivity index (χ2v) is 2.36. The van der Waals surface area contributed by atoms with Gasteiger partial charge >= 0.3 is 5.97 Å². The van der Waals surface area contributed by atoms with Gasteiger partial charge in [-0.05, 0) is 0 Å². The third kappa shape index (κ3) is 2.12. The first-order valence-electron chi connectivity index (χ1n) is 3.60. The van der Waals surface area contributed by atoms with Gasteiger partial charge in [0.25, 0.3) is 0 Å². The van der Waals surface area contributed by atoms with E-state index in [-0.39, 0.29) is 24.4 Å². The van der Waals surface area contributed by atoms with Gasteiger partial charge in [-0.2, -0.15) is 0 Å². The zero-order chi connectivity index (χ0) is 9.84. The van der Waals surface area contributed by atoms with E-state index in [2.05, 4.69) is 9.97 Å². The molecule has 0 aliphatic heterocycles. The number of nitrogens with two attached hydrogens (primary N) is 1. The Labute approximate surface area is 74.1 Å². The highest BCUT2D eigenvalue weighted by molar-refractivity contribution is 5.92. The van der Waals surface area contributed by atoms with Crippen LogP contribution in [0.1, 0.15) is 16.2 Å². The number of aliphatic hydroxyl groups is 1. The number of carboxylic acids is 1. The Balaban J connectivity index is 2.98. The normalized spacial score (nSPS) is 9.92. The molecule has 0 aromatic carbocycles. The van der Waals surface area contributed by atoms with Crippen LogP contribution in [0.15, 0.2) is 6.20 Å². The number of anilines is 1. The van der Waals surface area contributed by atoms with Crippen molar-refractivity contribution in [3.05, 3.63) is 17.6 Å². The van der Waals surface area contributed by atoms with E-state index in [1.807, 2.05) is 0 Å². The molecule has 0 spiro atoms. The van der Waals surface area contributed by atoms with Gasteiger partial charge < -0.3 is 15.9 Å². The summed E-state index contributed by atoms with van der Waals surface area (Å²) in [4.78, 5) is 17.9. The second-order valence-electron chi connectivity index (χ2n) is 2.36. The summed E-state index contributed by atoms with van der Waals surface area (Å²) in [5.74, 6) is -0.899. The third-order valence-electron chi connectivity index (χ3n) is 1.43. The fourth-order valence-electron chi connectivity index (χ4n) is 0.819. The van der Waals surface area contributed by atoms with Gasteiger partial charge in [0.15, 0.2) is 0 Å². The standard InChI is InChI=1S/C7H9N3O3/c8-6-4(7(12)13)3-9-5(10-6)1-2-11/h3,11H,1-2H2,(H,12,13)(H2,8,9,10). The Morgan fingerprint density at radius 1 is 1.62 bits per heavy atom. The third-order valence-corrected chi connectivity index (χ3v) is 1.43. The average molecular weight is 183 g/mol. The Morgan fingerprint density at radius 2 is 2.31 bits per heavy atom. The lowest BCUT2D eigenvalue weighted by Crippen LogP contribution is -2.09. The lowest BCUT2D eigenvalue weighted by Gasteiger charge is -2.01. The molecule has 1 rings (SSSR count). The summed E-state index contributed by atoms with van der Waals surface area (Å²) in [6.07, 6.45) is 1.40. The van der Waals surface area contributed by atoms with E-state index in [9.17, 15) is 4.79 Å². The van der Waals surface area contributed by atoms with Crippen LogP contribution in [0.4, 0.5) is 5.82 Å². The van der Waals surface area contributed by atoms with Crippen molar-refractivity contribution in [2.45, 2.75) is 6.42 Å². The molecule has 0 radical (unpaired) electrons. The number of aliphatic hydroxyl groups excluding tert-OH is 1. The fourth-order valence-corrected chi connectivity index (χ4v) is 0.819. The van der Waals surface area contributed by atoms with Crippen molar-refractivity contribution in [1.29, 1.82) is 0 Å². The van der Waals surface area contributed by atoms with Crippen molar-refractivity contribution < 1.29 is 15.0 Å². The van der Waals surface area contributed by atoms with Crippen LogP contribution in [-0.4, -0.2) is 32.8 Å². The summed E-state index contributed by atoms with van der Waals surface area (Å²) in [7, 11) is 0. The molecule has 0 atom stereocenters. The molecule has 1 heterocycles. The van der Waals surface area contributed by atoms with Crippen LogP contribution in [-0.2, 0) is 6.42 Å². The molecule has 0 saturated carbocycles. The van der Waals surface area contributed by atoms with E-state index in [1.165, 1.54) is 0 Å². The molecular weight excluding hydrogens is 174 g/mol. The van der Waals surface area contributed by atoms with E-state index in [0.717, 1.165) is 6.20 Å². The zero-order valence-electron chi connectivity index (χ0n) is 6.77. The molecule has 70 valence electrons. The number of hydrogen-bond donors (Lipinski definition) is 3. The SMILES string of the molecule is Nc1nc(CCO)ncc1C(=O)O. The number of aromatic nitrogens is 2. The molecule has 13 heavy (non-hydrogen) atoms. The summed E-state index contributed by atoms with van der Waals surface area (Å²) in [6.45, 7) is -0.0914. The fraction of sp³-hybridized carbons (Fsp3) is 0.286. The molecule has 0 amide bonds. The molecule has 0 aliphatic carbocycles. The summed E-state index contributed by atoms with van der Waals surface area (Å²) in [5, 5.41) is 17.1. The topological polar surface area (TPSA) is 109 Å². The molecule has 0 bridgehead atoms. The van der Waals surface area contributed by atoms with Gasteiger partial charge in [-0.25, -0.2) is 14.8 Å². The minimum Gasteiger partial charge on any atom is -0.477 e. The summed E-state index contributed by atoms with van der Waals surface area (Å²) < 4.78 is 0. The van der Waals surface area contributed by atoms with Crippen LogP contribution < -0.4 is 5.73 Å². The van der Waals surface area contributed by atoms with Gasteiger partial charge in [-0.15, -0.1) is 0 Å². The average Bonchev–Trinajstić information content (AvgIpc) is 2.04. The number of nitrogen functional groups attached to an aromatic ring is 1. The van der Waals surface area contributed by atoms with Crippen LogP contribution in [0.25, 0.3) is 0 Å². The first kappa shape index (κ1) is 9.40. The van der Waals surface area contributed by atoms with Gasteiger partial charge in [0, 0.05) is 12.6 Å². The maximum atomic E-state index is 10.5. The highest BCUT2D eigenvalue weighted by atomic mass is 16.4. The molecule has 1 aromatic heterocycles. The zero-order valence-corrected chi connectivity index (χ0v) is 6.77. The van der Waals surface area contributed by atoms with Crippen molar-refractivity contribution in [3.63, 3.8) is 0 Å². The van der Waals surface area contributed by atoms with Gasteiger partial charge in [0.1, 0.15) is 17.2 Å². The van der Waals surface area contributed by atoms with Gasteiger partial charge in [-0.1, -0.05) is 0 Å². The molecule has 6 nitrogen and oxygen atoms in total. The number of carboxylic acid groups (broad SMARTS) is 1. The minimum atomic E-state index is -1.16. The molecule has 0 aliphatic rings. The van der Waals surface area contributed by atoms with E-state index < -0.39 is 5.97 Å². The van der Waals surface area contributed by atoms with E-state index in [0.29, 0.717) is 5.82 Å². The van der Waals surface area contributed by atoms with Crippen molar-refractivity contribution >= 4 is 11.8 Å². The maximum absolute atomic E-state index is 10.5. The van der Waals surface area contributed by atoms with E-state index in [1.54, 1.807) is 0 Å². The Hall–Kier alpha value is -1.69. The quantitative estimate of drug-likeness (QED) is 0.571. The van der Waals surface area contributed by atoms with Crippen LogP contribution in [0.5, 0.6) is 0 Å². The number of carbonyl (C=O) groups is 1. The summed E-state index contributed by atoms with van der Waals surface area (Å²) >= 11 is 0. The number of aromatic carboxylic acids is 1. The first-order chi connectivity index (χ1) is 6.15. The monoisotopic (exact) mass is 183 g/mol. The predicted octanol–water partition coefficient (Wildman–Crippen LogP) is -0.708.